The Morgan fingerprint density at radius 3 is 2.82 bits per heavy atom. The van der Waals surface area contributed by atoms with Gasteiger partial charge in [-0.05, 0) is 45.6 Å². The summed E-state index contributed by atoms with van der Waals surface area (Å²) in [6.07, 6.45) is 12.8. The molecule has 0 saturated carbocycles. The molecule has 1 aliphatic rings. The minimum Gasteiger partial charge on any atom is -0.381 e. The molecule has 0 aromatic rings. The summed E-state index contributed by atoms with van der Waals surface area (Å²) in [5.41, 5.74) is 1.62. The van der Waals surface area contributed by atoms with Gasteiger partial charge in [0.1, 0.15) is 0 Å². The lowest BCUT2D eigenvalue weighted by atomic mass is 9.93. The SMILES string of the molecule is CCCOCCC(NC)C1=CCCCCCC1. The van der Waals surface area contributed by atoms with Gasteiger partial charge in [0.15, 0.2) is 0 Å². The smallest absolute Gasteiger partial charge is 0.0484 e. The Morgan fingerprint density at radius 1 is 1.24 bits per heavy atom. The van der Waals surface area contributed by atoms with Gasteiger partial charge in [-0.15, -0.1) is 0 Å². The van der Waals surface area contributed by atoms with Crippen LogP contribution < -0.4 is 5.32 Å². The molecule has 0 bridgehead atoms. The van der Waals surface area contributed by atoms with Crippen LogP contribution in [0.2, 0.25) is 0 Å². The van der Waals surface area contributed by atoms with Crippen LogP contribution in [0.25, 0.3) is 0 Å². The summed E-state index contributed by atoms with van der Waals surface area (Å²) in [6, 6.07) is 0.532. The quantitative estimate of drug-likeness (QED) is 0.540. The summed E-state index contributed by atoms with van der Waals surface area (Å²) in [5.74, 6) is 0. The Hall–Kier alpha value is -0.340. The lowest BCUT2D eigenvalue weighted by Crippen LogP contribution is -2.29. The number of rotatable bonds is 7. The van der Waals surface area contributed by atoms with E-state index in [1.165, 1.54) is 38.5 Å². The molecule has 0 amide bonds. The van der Waals surface area contributed by atoms with Crippen LogP contribution in [0.4, 0.5) is 0 Å². The van der Waals surface area contributed by atoms with Crippen molar-refractivity contribution >= 4 is 0 Å². The first-order valence-corrected chi connectivity index (χ1v) is 7.32. The van der Waals surface area contributed by atoms with Crippen molar-refractivity contribution < 1.29 is 4.74 Å². The van der Waals surface area contributed by atoms with Crippen LogP contribution in [-0.2, 0) is 4.74 Å². The summed E-state index contributed by atoms with van der Waals surface area (Å²) in [6.45, 7) is 3.94. The van der Waals surface area contributed by atoms with Gasteiger partial charge in [-0.1, -0.05) is 31.4 Å². The Kier molecular flexibility index (Phi) is 8.37. The molecule has 1 aliphatic carbocycles. The molecule has 17 heavy (non-hydrogen) atoms. The van der Waals surface area contributed by atoms with E-state index in [0.717, 1.165) is 26.1 Å². The van der Waals surface area contributed by atoms with Gasteiger partial charge < -0.3 is 10.1 Å². The molecule has 0 aromatic carbocycles. The Labute approximate surface area is 107 Å². The van der Waals surface area contributed by atoms with Crippen LogP contribution in [0.5, 0.6) is 0 Å². The monoisotopic (exact) mass is 239 g/mol. The van der Waals surface area contributed by atoms with E-state index in [4.69, 9.17) is 4.74 Å². The number of hydrogen-bond acceptors (Lipinski definition) is 2. The third-order valence-electron chi connectivity index (χ3n) is 3.52. The van der Waals surface area contributed by atoms with Crippen LogP contribution in [0.3, 0.4) is 0 Å². The number of nitrogens with one attached hydrogen (secondary N) is 1. The van der Waals surface area contributed by atoms with Crippen molar-refractivity contribution in [3.63, 3.8) is 0 Å². The molecule has 0 spiro atoms. The molecular formula is C15H29NO. The van der Waals surface area contributed by atoms with E-state index in [1.807, 2.05) is 0 Å². The second-order valence-corrected chi connectivity index (χ2v) is 4.97. The number of likely N-dealkylation sites (N-methyl/N-ethyl adjacent to an activating group) is 1. The van der Waals surface area contributed by atoms with E-state index in [0.29, 0.717) is 6.04 Å². The molecule has 0 aromatic heterocycles. The summed E-state index contributed by atoms with van der Waals surface area (Å²) in [4.78, 5) is 0. The first-order chi connectivity index (χ1) is 8.38. The predicted octanol–water partition coefficient (Wildman–Crippen LogP) is 3.67. The minimum atomic E-state index is 0.532. The Balaban J connectivity index is 2.35. The van der Waals surface area contributed by atoms with Crippen molar-refractivity contribution in [1.29, 1.82) is 0 Å². The van der Waals surface area contributed by atoms with E-state index in [1.54, 1.807) is 5.57 Å². The van der Waals surface area contributed by atoms with Gasteiger partial charge in [0.25, 0.3) is 0 Å². The first kappa shape index (κ1) is 14.7. The van der Waals surface area contributed by atoms with Crippen LogP contribution in [0.15, 0.2) is 11.6 Å². The summed E-state index contributed by atoms with van der Waals surface area (Å²) >= 11 is 0. The molecule has 1 unspecified atom stereocenters. The molecule has 0 aliphatic heterocycles. The molecule has 2 nitrogen and oxygen atoms in total. The highest BCUT2D eigenvalue weighted by Crippen LogP contribution is 2.20. The third kappa shape index (κ3) is 6.23. The standard InChI is InChI=1S/C15H29NO/c1-3-12-17-13-11-15(16-2)14-9-7-5-4-6-8-10-14/h9,15-16H,3-8,10-13H2,1-2H3. The van der Waals surface area contributed by atoms with Crippen molar-refractivity contribution in [2.75, 3.05) is 20.3 Å². The van der Waals surface area contributed by atoms with Crippen molar-refractivity contribution in [1.82, 2.24) is 5.32 Å². The largest absolute Gasteiger partial charge is 0.381 e. The maximum Gasteiger partial charge on any atom is 0.0484 e. The third-order valence-corrected chi connectivity index (χ3v) is 3.52. The van der Waals surface area contributed by atoms with Crippen LogP contribution in [0.1, 0.15) is 58.3 Å². The molecule has 1 N–H and O–H groups in total. The van der Waals surface area contributed by atoms with E-state index < -0.39 is 0 Å². The normalized spacial score (nSPS) is 19.3. The molecule has 1 atom stereocenters. The fourth-order valence-corrected chi connectivity index (χ4v) is 2.50. The highest BCUT2D eigenvalue weighted by molar-refractivity contribution is 5.11. The molecule has 0 radical (unpaired) electrons. The van der Waals surface area contributed by atoms with E-state index in [9.17, 15) is 0 Å². The molecular weight excluding hydrogens is 210 g/mol. The highest BCUT2D eigenvalue weighted by atomic mass is 16.5. The van der Waals surface area contributed by atoms with Crippen molar-refractivity contribution in [3.05, 3.63) is 11.6 Å². The predicted molar refractivity (Wildman–Crippen MR) is 74.4 cm³/mol. The van der Waals surface area contributed by atoms with Crippen molar-refractivity contribution in [2.45, 2.75) is 64.3 Å². The van der Waals surface area contributed by atoms with Crippen molar-refractivity contribution in [3.8, 4) is 0 Å². The zero-order chi connectivity index (χ0) is 12.3. The molecule has 100 valence electrons. The minimum absolute atomic E-state index is 0.532. The van der Waals surface area contributed by atoms with Gasteiger partial charge in [-0.2, -0.15) is 0 Å². The van der Waals surface area contributed by atoms with Crippen molar-refractivity contribution in [2.24, 2.45) is 0 Å². The fourth-order valence-electron chi connectivity index (χ4n) is 2.50. The second-order valence-electron chi connectivity index (χ2n) is 4.97. The molecule has 1 rings (SSSR count). The zero-order valence-electron chi connectivity index (χ0n) is 11.6. The van der Waals surface area contributed by atoms with Crippen LogP contribution >= 0.6 is 0 Å². The van der Waals surface area contributed by atoms with Gasteiger partial charge in [0.05, 0.1) is 0 Å². The van der Waals surface area contributed by atoms with Gasteiger partial charge in [0, 0.05) is 19.3 Å². The zero-order valence-corrected chi connectivity index (χ0v) is 11.6. The summed E-state index contributed by atoms with van der Waals surface area (Å²) in [5, 5.41) is 3.45. The highest BCUT2D eigenvalue weighted by Gasteiger charge is 2.12. The summed E-state index contributed by atoms with van der Waals surface area (Å²) in [7, 11) is 2.07. The van der Waals surface area contributed by atoms with E-state index in [-0.39, 0.29) is 0 Å². The average molecular weight is 239 g/mol. The average Bonchev–Trinajstić information content (AvgIpc) is 2.30. The second kappa shape index (κ2) is 9.67. The van der Waals surface area contributed by atoms with Gasteiger partial charge >= 0.3 is 0 Å². The molecule has 0 saturated heterocycles. The van der Waals surface area contributed by atoms with Gasteiger partial charge in [0.2, 0.25) is 0 Å². The van der Waals surface area contributed by atoms with E-state index >= 15 is 0 Å². The molecule has 0 heterocycles. The van der Waals surface area contributed by atoms with Crippen LogP contribution in [0, 0.1) is 0 Å². The maximum atomic E-state index is 5.59. The topological polar surface area (TPSA) is 21.3 Å². The molecule has 2 heteroatoms. The van der Waals surface area contributed by atoms with E-state index in [2.05, 4.69) is 25.4 Å². The van der Waals surface area contributed by atoms with Gasteiger partial charge in [-0.3, -0.25) is 0 Å². The lowest BCUT2D eigenvalue weighted by Gasteiger charge is -2.21. The number of ether oxygens (including phenoxy) is 1. The van der Waals surface area contributed by atoms with Gasteiger partial charge in [-0.25, -0.2) is 0 Å². The summed E-state index contributed by atoms with van der Waals surface area (Å²) < 4.78 is 5.59. The van der Waals surface area contributed by atoms with Crippen LogP contribution in [-0.4, -0.2) is 26.3 Å². The first-order valence-electron chi connectivity index (χ1n) is 7.32. The number of hydrogen-bond donors (Lipinski definition) is 1. The number of allylic oxidation sites excluding steroid dienone is 1. The lowest BCUT2D eigenvalue weighted by molar-refractivity contribution is 0.127. The Morgan fingerprint density at radius 2 is 2.06 bits per heavy atom. The Bertz CT molecular complexity index is 213. The maximum absolute atomic E-state index is 5.59. The molecule has 0 fully saturated rings. The fraction of sp³-hybridized carbons (Fsp3) is 0.867.